The second-order valence-electron chi connectivity index (χ2n) is 9.10. The Bertz CT molecular complexity index is 1910. The Hall–Kier alpha value is -4.61. The zero-order chi connectivity index (χ0) is 25.5. The summed E-state index contributed by atoms with van der Waals surface area (Å²) in [4.78, 5) is 14.7. The van der Waals surface area contributed by atoms with Crippen LogP contribution in [0.4, 0.5) is 0 Å². The molecule has 5 heteroatoms. The fourth-order valence-electron chi connectivity index (χ4n) is 4.91. The predicted octanol–water partition coefficient (Wildman–Crippen LogP) is 8.73. The highest BCUT2D eigenvalue weighted by Gasteiger charge is 2.16. The van der Waals surface area contributed by atoms with E-state index in [9.17, 15) is 0 Å². The molecule has 2 aromatic heterocycles. The molecule has 0 aliphatic carbocycles. The Morgan fingerprint density at radius 1 is 0.447 bits per heavy atom. The van der Waals surface area contributed by atoms with Crippen LogP contribution in [0.1, 0.15) is 0 Å². The van der Waals surface area contributed by atoms with E-state index in [-0.39, 0.29) is 0 Å². The molecule has 0 radical (unpaired) electrons. The van der Waals surface area contributed by atoms with Crippen LogP contribution in [0.5, 0.6) is 0 Å². The molecule has 180 valence electrons. The molecule has 0 N–H and O–H groups in total. The highest BCUT2D eigenvalue weighted by atomic mass is 79.9. The van der Waals surface area contributed by atoms with E-state index in [0.29, 0.717) is 17.5 Å². The molecule has 0 saturated heterocycles. The molecule has 0 aliphatic rings. The minimum absolute atomic E-state index is 0.642. The molecule has 0 spiro atoms. The van der Waals surface area contributed by atoms with Gasteiger partial charge in [-0.2, -0.15) is 0 Å². The van der Waals surface area contributed by atoms with Crippen molar-refractivity contribution in [2.45, 2.75) is 0 Å². The van der Waals surface area contributed by atoms with Gasteiger partial charge in [0.25, 0.3) is 0 Å². The number of halogens is 1. The van der Waals surface area contributed by atoms with E-state index >= 15 is 0 Å². The van der Waals surface area contributed by atoms with Gasteiger partial charge in [-0.15, -0.1) is 0 Å². The average Bonchev–Trinajstić information content (AvgIpc) is 3.32. The van der Waals surface area contributed by atoms with Crippen LogP contribution in [0.25, 0.3) is 61.7 Å². The number of aromatic nitrogens is 4. The van der Waals surface area contributed by atoms with Crippen LogP contribution < -0.4 is 0 Å². The number of rotatable bonds is 4. The van der Waals surface area contributed by atoms with Gasteiger partial charge >= 0.3 is 0 Å². The molecule has 0 unspecified atom stereocenters. The summed E-state index contributed by atoms with van der Waals surface area (Å²) in [5.41, 5.74) is 6.23. The standard InChI is InChI=1S/C33H21BrN4/c34-25-18-15-23(16-19-25)32-35-31(22-9-3-1-4-10-22)36-33(37-32)24-17-20-28-27-13-7-8-14-29(27)38(30(28)21-24)26-11-5-2-6-12-26/h1-21H. The summed E-state index contributed by atoms with van der Waals surface area (Å²) < 4.78 is 3.32. The Labute approximate surface area is 228 Å². The molecule has 5 aromatic carbocycles. The molecule has 7 aromatic rings. The molecule has 0 bridgehead atoms. The minimum atomic E-state index is 0.642. The average molecular weight is 553 g/mol. The third kappa shape index (κ3) is 3.98. The topological polar surface area (TPSA) is 43.6 Å². The van der Waals surface area contributed by atoms with Gasteiger partial charge in [-0.3, -0.25) is 0 Å². The maximum Gasteiger partial charge on any atom is 0.164 e. The molecule has 0 fully saturated rings. The Morgan fingerprint density at radius 2 is 0.974 bits per heavy atom. The van der Waals surface area contributed by atoms with E-state index in [4.69, 9.17) is 15.0 Å². The quantitative estimate of drug-likeness (QED) is 0.219. The lowest BCUT2D eigenvalue weighted by molar-refractivity contribution is 1.07. The highest BCUT2D eigenvalue weighted by Crippen LogP contribution is 2.35. The van der Waals surface area contributed by atoms with E-state index in [2.05, 4.69) is 87.2 Å². The van der Waals surface area contributed by atoms with Gasteiger partial charge < -0.3 is 4.57 Å². The van der Waals surface area contributed by atoms with Crippen LogP contribution in [0.2, 0.25) is 0 Å². The summed E-state index contributed by atoms with van der Waals surface area (Å²) >= 11 is 3.53. The molecule has 0 amide bonds. The molecule has 0 saturated carbocycles. The van der Waals surface area contributed by atoms with Crippen LogP contribution >= 0.6 is 15.9 Å². The molecule has 4 nitrogen and oxygen atoms in total. The van der Waals surface area contributed by atoms with Gasteiger partial charge in [0, 0.05) is 37.6 Å². The number of hydrogen-bond donors (Lipinski definition) is 0. The number of benzene rings is 5. The van der Waals surface area contributed by atoms with E-state index in [0.717, 1.165) is 32.4 Å². The van der Waals surface area contributed by atoms with Gasteiger partial charge in [0.05, 0.1) is 11.0 Å². The first kappa shape index (κ1) is 22.6. The van der Waals surface area contributed by atoms with Gasteiger partial charge in [0.15, 0.2) is 17.5 Å². The van der Waals surface area contributed by atoms with Crippen LogP contribution in [-0.2, 0) is 0 Å². The van der Waals surface area contributed by atoms with Crippen molar-refractivity contribution in [3.05, 3.63) is 132 Å². The van der Waals surface area contributed by atoms with Gasteiger partial charge in [-0.1, -0.05) is 107 Å². The lowest BCUT2D eigenvalue weighted by atomic mass is 10.1. The molecule has 7 rings (SSSR count). The highest BCUT2D eigenvalue weighted by molar-refractivity contribution is 9.10. The van der Waals surface area contributed by atoms with Crippen LogP contribution in [0.15, 0.2) is 132 Å². The number of hydrogen-bond acceptors (Lipinski definition) is 3. The summed E-state index contributed by atoms with van der Waals surface area (Å²) in [5, 5.41) is 2.41. The summed E-state index contributed by atoms with van der Waals surface area (Å²) in [7, 11) is 0. The first-order valence-electron chi connectivity index (χ1n) is 12.4. The monoisotopic (exact) mass is 552 g/mol. The smallest absolute Gasteiger partial charge is 0.164 e. The lowest BCUT2D eigenvalue weighted by Crippen LogP contribution is -2.00. The third-order valence-corrected chi connectivity index (χ3v) is 7.24. The summed E-state index contributed by atoms with van der Waals surface area (Å²) in [5.74, 6) is 1.94. The van der Waals surface area contributed by atoms with Crippen LogP contribution in [0, 0.1) is 0 Å². The zero-order valence-corrected chi connectivity index (χ0v) is 21.9. The van der Waals surface area contributed by atoms with Crippen molar-refractivity contribution in [2.75, 3.05) is 0 Å². The number of para-hydroxylation sites is 2. The maximum absolute atomic E-state index is 4.95. The fourth-order valence-corrected chi connectivity index (χ4v) is 5.18. The first-order chi connectivity index (χ1) is 18.7. The predicted molar refractivity (Wildman–Crippen MR) is 158 cm³/mol. The normalized spacial score (nSPS) is 11.3. The van der Waals surface area contributed by atoms with Crippen molar-refractivity contribution < 1.29 is 0 Å². The number of nitrogens with zero attached hydrogens (tertiary/aromatic N) is 4. The minimum Gasteiger partial charge on any atom is -0.309 e. The van der Waals surface area contributed by atoms with E-state index in [1.165, 1.54) is 16.3 Å². The van der Waals surface area contributed by atoms with Crippen LogP contribution in [0.3, 0.4) is 0 Å². The Balaban J connectivity index is 1.48. The Kier molecular flexibility index (Phi) is 5.56. The van der Waals surface area contributed by atoms with Gasteiger partial charge in [0.2, 0.25) is 0 Å². The molecule has 2 heterocycles. The van der Waals surface area contributed by atoms with Crippen molar-refractivity contribution in [2.24, 2.45) is 0 Å². The van der Waals surface area contributed by atoms with Crippen molar-refractivity contribution >= 4 is 37.7 Å². The van der Waals surface area contributed by atoms with E-state index in [1.54, 1.807) is 0 Å². The van der Waals surface area contributed by atoms with Crippen LogP contribution in [-0.4, -0.2) is 19.5 Å². The maximum atomic E-state index is 4.95. The summed E-state index contributed by atoms with van der Waals surface area (Å²) in [6, 6.07) is 43.6. The second-order valence-corrected chi connectivity index (χ2v) is 10.0. The van der Waals surface area contributed by atoms with E-state index < -0.39 is 0 Å². The molecule has 0 aliphatic heterocycles. The van der Waals surface area contributed by atoms with Crippen molar-refractivity contribution in [1.29, 1.82) is 0 Å². The van der Waals surface area contributed by atoms with Crippen molar-refractivity contribution in [3.63, 3.8) is 0 Å². The SMILES string of the molecule is Brc1ccc(-c2nc(-c3ccccc3)nc(-c3ccc4c5ccccc5n(-c5ccccc5)c4c3)n2)cc1. The zero-order valence-electron chi connectivity index (χ0n) is 20.3. The molecular formula is C33H21BrN4. The molecule has 38 heavy (non-hydrogen) atoms. The largest absolute Gasteiger partial charge is 0.309 e. The van der Waals surface area contributed by atoms with Gasteiger partial charge in [-0.25, -0.2) is 15.0 Å². The van der Waals surface area contributed by atoms with Crippen molar-refractivity contribution in [3.8, 4) is 39.9 Å². The fraction of sp³-hybridized carbons (Fsp3) is 0. The second kappa shape index (κ2) is 9.36. The summed E-state index contributed by atoms with van der Waals surface area (Å²) in [6.07, 6.45) is 0. The van der Waals surface area contributed by atoms with Gasteiger partial charge in [0.1, 0.15) is 0 Å². The van der Waals surface area contributed by atoms with Crippen molar-refractivity contribution in [1.82, 2.24) is 19.5 Å². The summed E-state index contributed by atoms with van der Waals surface area (Å²) in [6.45, 7) is 0. The lowest BCUT2D eigenvalue weighted by Gasteiger charge is -2.10. The van der Waals surface area contributed by atoms with Gasteiger partial charge in [-0.05, 0) is 36.4 Å². The molecular weight excluding hydrogens is 532 g/mol. The van der Waals surface area contributed by atoms with E-state index in [1.807, 2.05) is 60.7 Å². The number of fused-ring (bicyclic) bond motifs is 3. The Morgan fingerprint density at radius 3 is 1.68 bits per heavy atom. The first-order valence-corrected chi connectivity index (χ1v) is 13.2. The molecule has 0 atom stereocenters. The third-order valence-electron chi connectivity index (χ3n) is 6.72.